The molecule has 0 amide bonds. The van der Waals surface area contributed by atoms with Crippen molar-refractivity contribution in [3.63, 3.8) is 0 Å². The summed E-state index contributed by atoms with van der Waals surface area (Å²) in [7, 11) is 0. The van der Waals surface area contributed by atoms with Crippen molar-refractivity contribution in [2.45, 2.75) is 38.5 Å². The Kier molecular flexibility index (Phi) is 30.0. The average Bonchev–Trinajstić information content (AvgIpc) is 2.81. The molecule has 13 heteroatoms. The molecule has 12 nitrogen and oxygen atoms in total. The first-order valence-electron chi connectivity index (χ1n) is 11.1. The molecule has 0 aliphatic heterocycles. The van der Waals surface area contributed by atoms with Gasteiger partial charge in [0.05, 0.1) is 0 Å². The van der Waals surface area contributed by atoms with Crippen LogP contribution in [0.4, 0.5) is 0 Å². The Morgan fingerprint density at radius 3 is 0.744 bits per heavy atom. The molecule has 0 aliphatic rings. The molecule has 0 bridgehead atoms. The summed E-state index contributed by atoms with van der Waals surface area (Å²) >= 11 is 0. The van der Waals surface area contributed by atoms with Crippen molar-refractivity contribution in [1.29, 1.82) is 0 Å². The number of benzene rings is 4. The van der Waals surface area contributed by atoms with Gasteiger partial charge in [0.25, 0.3) is 0 Å². The van der Waals surface area contributed by atoms with Crippen molar-refractivity contribution in [3.05, 3.63) is 119 Å². The molecule has 0 radical (unpaired) electrons. The summed E-state index contributed by atoms with van der Waals surface area (Å²) in [5.74, 6) is 0.574. The molecule has 43 heavy (non-hydrogen) atoms. The van der Waals surface area contributed by atoms with Crippen molar-refractivity contribution in [2.75, 3.05) is 0 Å². The molecule has 0 spiro atoms. The van der Waals surface area contributed by atoms with Crippen LogP contribution in [0.1, 0.15) is 49.9 Å². The van der Waals surface area contributed by atoms with Crippen LogP contribution in [0, 0.1) is 0 Å². The van der Waals surface area contributed by atoms with E-state index in [9.17, 15) is 20.4 Å². The van der Waals surface area contributed by atoms with E-state index in [0.717, 1.165) is 22.3 Å². The molecule has 0 aliphatic carbocycles. The zero-order chi connectivity index (χ0) is 24.9. The Morgan fingerprint density at radius 2 is 0.558 bits per heavy atom. The van der Waals surface area contributed by atoms with Crippen molar-refractivity contribution in [3.8, 4) is 23.0 Å². The van der Waals surface area contributed by atoms with Crippen LogP contribution < -0.4 is 10.2 Å². The van der Waals surface area contributed by atoms with Crippen molar-refractivity contribution in [1.82, 2.24) is 0 Å². The molecule has 240 valence electrons. The van der Waals surface area contributed by atoms with Crippen LogP contribution in [0.3, 0.4) is 0 Å². The molecule has 0 saturated carbocycles. The van der Waals surface area contributed by atoms with Crippen LogP contribution in [0.5, 0.6) is 23.0 Å². The van der Waals surface area contributed by atoms with Crippen molar-refractivity contribution >= 4 is 0 Å². The fourth-order valence-corrected chi connectivity index (χ4v) is 3.83. The van der Waals surface area contributed by atoms with Gasteiger partial charge in [0.15, 0.2) is 0 Å². The largest absolute Gasteiger partial charge is 2.00 e. The van der Waals surface area contributed by atoms with Crippen LogP contribution in [0.25, 0.3) is 0 Å². The normalized spacial score (nSPS) is 9.02. The third-order valence-corrected chi connectivity index (χ3v) is 6.33. The van der Waals surface area contributed by atoms with E-state index in [2.05, 4.69) is 27.7 Å². The molecule has 0 unspecified atom stereocenters. The van der Waals surface area contributed by atoms with Gasteiger partial charge in [-0.2, -0.15) is 0 Å². The molecule has 0 aromatic heterocycles. The van der Waals surface area contributed by atoms with E-state index >= 15 is 0 Å². The predicted octanol–water partition coefficient (Wildman–Crippen LogP) is -1.60. The molecule has 0 atom stereocenters. The second-order valence-electron chi connectivity index (χ2n) is 9.39. The zero-order valence-corrected chi connectivity index (χ0v) is 29.2. The monoisotopic (exact) mass is 718 g/mol. The molecule has 0 saturated heterocycles. The number of phenols is 2. The van der Waals surface area contributed by atoms with Crippen molar-refractivity contribution < 1.29 is 91.5 Å². The van der Waals surface area contributed by atoms with E-state index in [4.69, 9.17) is 0 Å². The summed E-state index contributed by atoms with van der Waals surface area (Å²) in [6.45, 7) is 8.39. The summed E-state index contributed by atoms with van der Waals surface area (Å²) in [5.41, 5.74) is 4.02. The van der Waals surface area contributed by atoms with Crippen LogP contribution in [-0.2, 0) is 71.0 Å². The first kappa shape index (κ1) is 55.6. The summed E-state index contributed by atoms with van der Waals surface area (Å²) in [5, 5.41) is 40.8. The number of hydrogen-bond donors (Lipinski definition) is 2. The molecule has 4 aromatic rings. The molecule has 0 fully saturated rings. The first-order chi connectivity index (χ1) is 16.0. The second kappa shape index (κ2) is 23.2. The van der Waals surface area contributed by atoms with Gasteiger partial charge in [0.1, 0.15) is 11.5 Å². The van der Waals surface area contributed by atoms with Crippen LogP contribution >= 0.6 is 0 Å². The van der Waals surface area contributed by atoms with Gasteiger partial charge in [-0.15, -0.1) is 11.5 Å². The van der Waals surface area contributed by atoms with Crippen LogP contribution in [0.15, 0.2) is 97.1 Å². The van der Waals surface area contributed by atoms with Crippen molar-refractivity contribution in [2.24, 2.45) is 0 Å². The van der Waals surface area contributed by atoms with Gasteiger partial charge in [-0.25, -0.2) is 0 Å². The smallest absolute Gasteiger partial charge is 0.872 e. The Hall–Kier alpha value is -3.32. The summed E-state index contributed by atoms with van der Waals surface area (Å²) in [6, 6.07) is 28.1. The van der Waals surface area contributed by atoms with E-state index in [1.165, 1.54) is 0 Å². The van der Waals surface area contributed by atoms with Gasteiger partial charge >= 0.3 is 27.3 Å². The van der Waals surface area contributed by atoms with Gasteiger partial charge in [0.2, 0.25) is 0 Å². The maximum atomic E-state index is 11.1. The summed E-state index contributed by atoms with van der Waals surface area (Å²) < 4.78 is 0. The number of phenolic OH excluding ortho intramolecular Hbond substituents is 2. The Balaban J connectivity index is -0.0000000997. The SMILES string of the molecule is CC(C)(c1ccc([O-])cc1)c1ccc(O)cc1.CC(C)(c1ccc([O-])cc1)c1ccc(O)cc1.O.O.[Cd+2].[OH3+].[OH3+].[OH3+].[OH3+].[OH3+].[OH3+]. The Morgan fingerprint density at radius 1 is 0.395 bits per heavy atom. The quantitative estimate of drug-likeness (QED) is 0.186. The third kappa shape index (κ3) is 14.1. The molecule has 24 N–H and O–H groups in total. The predicted molar refractivity (Wildman–Crippen MR) is 169 cm³/mol. The van der Waals surface area contributed by atoms with Gasteiger partial charge in [-0.05, 0) is 46.5 Å². The summed E-state index contributed by atoms with van der Waals surface area (Å²) in [4.78, 5) is 0. The number of rotatable bonds is 4. The van der Waals surface area contributed by atoms with E-state index < -0.39 is 0 Å². The maximum Gasteiger partial charge on any atom is 2.00 e. The Bertz CT molecular complexity index is 1020. The first-order valence-corrected chi connectivity index (χ1v) is 11.1. The average molecular weight is 717 g/mol. The standard InChI is InChI=1S/2C15H16O2.Cd.8H2O/c2*1-15(2,11-3-7-13(16)8-4-11)12-5-9-14(17)10-6-12;;;;;;;;;/h2*3-10,16-17H,1-2H3;;8*1H2/q;;+2;;;;;;;;/p+4. The molecule has 4 rings (SSSR count). The third-order valence-electron chi connectivity index (χ3n) is 6.33. The van der Waals surface area contributed by atoms with Gasteiger partial charge in [0, 0.05) is 10.8 Å². The fourth-order valence-electron chi connectivity index (χ4n) is 3.83. The molecular formula is C30H52CdO12+6. The van der Waals surface area contributed by atoms with Gasteiger partial charge < -0.3 is 64.2 Å². The second-order valence-corrected chi connectivity index (χ2v) is 9.39. The minimum absolute atomic E-state index is 0. The van der Waals surface area contributed by atoms with Gasteiger partial charge in [-0.3, -0.25) is 0 Å². The topological polar surface area (TPSA) is 348 Å². The van der Waals surface area contributed by atoms with E-state index in [1.54, 1.807) is 48.5 Å². The van der Waals surface area contributed by atoms with E-state index in [1.807, 2.05) is 48.5 Å². The van der Waals surface area contributed by atoms with Crippen LogP contribution in [-0.4, -0.2) is 21.2 Å². The molecular weight excluding hydrogens is 665 g/mol. The maximum absolute atomic E-state index is 11.1. The van der Waals surface area contributed by atoms with E-state index in [-0.39, 0.29) is 105 Å². The fraction of sp³-hybridized carbons (Fsp3) is 0.200. The van der Waals surface area contributed by atoms with E-state index in [0.29, 0.717) is 0 Å². The Labute approximate surface area is 271 Å². The minimum atomic E-state index is -0.179. The van der Waals surface area contributed by atoms with Gasteiger partial charge in [-0.1, -0.05) is 100 Å². The summed E-state index contributed by atoms with van der Waals surface area (Å²) in [6.07, 6.45) is 0. The van der Waals surface area contributed by atoms with Crippen LogP contribution in [0.2, 0.25) is 0 Å². The number of aromatic hydroxyl groups is 2. The number of hydrogen-bond acceptors (Lipinski definition) is 4. The molecule has 4 aromatic carbocycles. The molecule has 0 heterocycles. The minimum Gasteiger partial charge on any atom is -0.872 e. The zero-order valence-electron chi connectivity index (χ0n) is 25.1.